The summed E-state index contributed by atoms with van der Waals surface area (Å²) in [6.45, 7) is 0.496. The molecule has 0 radical (unpaired) electrons. The summed E-state index contributed by atoms with van der Waals surface area (Å²) in [5.74, 6) is 0.599. The summed E-state index contributed by atoms with van der Waals surface area (Å²) < 4.78 is 8.59. The Balaban J connectivity index is 1.93. The van der Waals surface area contributed by atoms with Crippen LogP contribution in [0.1, 0.15) is 5.56 Å². The zero-order chi connectivity index (χ0) is 13.2. The van der Waals surface area contributed by atoms with E-state index in [9.17, 15) is 0 Å². The standard InChI is InChI=1S/C14H12BrN3O/c1-18-9-17-12-11(15)7-16-14(13(12)18)19-8-10-5-3-2-4-6-10/h2-7,9H,8H2,1H3. The van der Waals surface area contributed by atoms with Gasteiger partial charge in [0.25, 0.3) is 0 Å². The van der Waals surface area contributed by atoms with E-state index in [2.05, 4.69) is 25.9 Å². The molecule has 0 N–H and O–H groups in total. The molecule has 0 saturated heterocycles. The minimum Gasteiger partial charge on any atom is -0.471 e. The normalized spacial score (nSPS) is 10.8. The van der Waals surface area contributed by atoms with Crippen LogP contribution in [0, 0.1) is 0 Å². The van der Waals surface area contributed by atoms with Crippen LogP contribution in [0.3, 0.4) is 0 Å². The quantitative estimate of drug-likeness (QED) is 0.744. The average Bonchev–Trinajstić information content (AvgIpc) is 2.83. The Morgan fingerprint density at radius 1 is 1.21 bits per heavy atom. The summed E-state index contributed by atoms with van der Waals surface area (Å²) in [4.78, 5) is 8.65. The second kappa shape index (κ2) is 5.01. The molecule has 0 fully saturated rings. The summed E-state index contributed by atoms with van der Waals surface area (Å²) in [5.41, 5.74) is 2.87. The van der Waals surface area contributed by atoms with Crippen molar-refractivity contribution in [3.8, 4) is 5.88 Å². The summed E-state index contributed by atoms with van der Waals surface area (Å²) in [6, 6.07) is 10.0. The topological polar surface area (TPSA) is 39.9 Å². The number of aryl methyl sites for hydroxylation is 1. The van der Waals surface area contributed by atoms with Gasteiger partial charge in [-0.1, -0.05) is 30.3 Å². The number of fused-ring (bicyclic) bond motifs is 1. The van der Waals surface area contributed by atoms with Gasteiger partial charge in [0.05, 0.1) is 10.8 Å². The van der Waals surface area contributed by atoms with Gasteiger partial charge in [0.15, 0.2) is 0 Å². The number of rotatable bonds is 3. The van der Waals surface area contributed by atoms with E-state index in [1.54, 1.807) is 12.5 Å². The van der Waals surface area contributed by atoms with Gasteiger partial charge in [-0.2, -0.15) is 0 Å². The third-order valence-electron chi connectivity index (χ3n) is 2.88. The number of halogens is 1. The fourth-order valence-corrected chi connectivity index (χ4v) is 2.32. The molecule has 0 aliphatic heterocycles. The van der Waals surface area contributed by atoms with Crippen LogP contribution in [0.25, 0.3) is 11.0 Å². The van der Waals surface area contributed by atoms with Gasteiger partial charge in [-0.15, -0.1) is 0 Å². The van der Waals surface area contributed by atoms with Gasteiger partial charge < -0.3 is 9.30 Å². The zero-order valence-electron chi connectivity index (χ0n) is 10.4. The monoisotopic (exact) mass is 317 g/mol. The molecule has 0 saturated carbocycles. The highest BCUT2D eigenvalue weighted by molar-refractivity contribution is 9.10. The third-order valence-corrected chi connectivity index (χ3v) is 3.46. The molecule has 0 atom stereocenters. The van der Waals surface area contributed by atoms with Crippen molar-refractivity contribution >= 4 is 27.0 Å². The average molecular weight is 318 g/mol. The Kier molecular flexibility index (Phi) is 3.21. The molecule has 0 bridgehead atoms. The highest BCUT2D eigenvalue weighted by Gasteiger charge is 2.12. The molecule has 0 amide bonds. The van der Waals surface area contributed by atoms with Crippen molar-refractivity contribution in [3.05, 3.63) is 52.9 Å². The Morgan fingerprint density at radius 2 is 2.00 bits per heavy atom. The molecule has 1 aromatic carbocycles. The molecule has 0 aliphatic carbocycles. The van der Waals surface area contributed by atoms with Crippen LogP contribution >= 0.6 is 15.9 Å². The molecule has 96 valence electrons. The molecule has 19 heavy (non-hydrogen) atoms. The minimum atomic E-state index is 0.496. The number of imidazole rings is 1. The van der Waals surface area contributed by atoms with E-state index >= 15 is 0 Å². The number of hydrogen-bond acceptors (Lipinski definition) is 3. The Hall–Kier alpha value is -1.88. The summed E-state index contributed by atoms with van der Waals surface area (Å²) in [5, 5.41) is 0. The number of nitrogens with zero attached hydrogens (tertiary/aromatic N) is 3. The fourth-order valence-electron chi connectivity index (χ4n) is 1.93. The first-order chi connectivity index (χ1) is 9.25. The highest BCUT2D eigenvalue weighted by atomic mass is 79.9. The van der Waals surface area contributed by atoms with Crippen molar-refractivity contribution in [2.45, 2.75) is 6.61 Å². The lowest BCUT2D eigenvalue weighted by molar-refractivity contribution is 0.297. The van der Waals surface area contributed by atoms with Crippen LogP contribution in [0.15, 0.2) is 47.3 Å². The fraction of sp³-hybridized carbons (Fsp3) is 0.143. The largest absolute Gasteiger partial charge is 0.471 e. The Morgan fingerprint density at radius 3 is 2.79 bits per heavy atom. The van der Waals surface area contributed by atoms with Gasteiger partial charge in [-0.3, -0.25) is 0 Å². The maximum atomic E-state index is 5.81. The lowest BCUT2D eigenvalue weighted by Crippen LogP contribution is -1.99. The number of ether oxygens (including phenoxy) is 1. The van der Waals surface area contributed by atoms with Gasteiger partial charge in [0, 0.05) is 13.2 Å². The van der Waals surface area contributed by atoms with E-state index < -0.39 is 0 Å². The van der Waals surface area contributed by atoms with Gasteiger partial charge in [-0.05, 0) is 21.5 Å². The lowest BCUT2D eigenvalue weighted by Gasteiger charge is -2.08. The van der Waals surface area contributed by atoms with Gasteiger partial charge >= 0.3 is 0 Å². The SMILES string of the molecule is Cn1cnc2c(Br)cnc(OCc3ccccc3)c21. The molecule has 2 aromatic heterocycles. The van der Waals surface area contributed by atoms with Crippen molar-refractivity contribution in [1.82, 2.24) is 14.5 Å². The van der Waals surface area contributed by atoms with Crippen LogP contribution in [-0.4, -0.2) is 14.5 Å². The third kappa shape index (κ3) is 2.33. The van der Waals surface area contributed by atoms with E-state index in [-0.39, 0.29) is 0 Å². The molecule has 0 aliphatic rings. The molecule has 0 spiro atoms. The molecule has 4 nitrogen and oxygen atoms in total. The predicted octanol–water partition coefficient (Wildman–Crippen LogP) is 3.31. The van der Waals surface area contributed by atoms with E-state index in [1.165, 1.54) is 0 Å². The van der Waals surface area contributed by atoms with E-state index in [1.807, 2.05) is 41.9 Å². The van der Waals surface area contributed by atoms with Gasteiger partial charge in [0.1, 0.15) is 17.6 Å². The van der Waals surface area contributed by atoms with Crippen LogP contribution < -0.4 is 4.74 Å². The second-order valence-corrected chi connectivity index (χ2v) is 5.09. The smallest absolute Gasteiger partial charge is 0.240 e. The zero-order valence-corrected chi connectivity index (χ0v) is 12.0. The molecular weight excluding hydrogens is 306 g/mol. The number of benzene rings is 1. The first-order valence-corrected chi connectivity index (χ1v) is 6.67. The van der Waals surface area contributed by atoms with Crippen LogP contribution in [0.2, 0.25) is 0 Å². The van der Waals surface area contributed by atoms with Crippen LogP contribution in [0.4, 0.5) is 0 Å². The Bertz CT molecular complexity index is 709. The van der Waals surface area contributed by atoms with Crippen molar-refractivity contribution in [3.63, 3.8) is 0 Å². The van der Waals surface area contributed by atoms with E-state index in [0.29, 0.717) is 12.5 Å². The highest BCUT2D eigenvalue weighted by Crippen LogP contribution is 2.28. The number of hydrogen-bond donors (Lipinski definition) is 0. The molecule has 5 heteroatoms. The van der Waals surface area contributed by atoms with E-state index in [4.69, 9.17) is 4.74 Å². The molecular formula is C14H12BrN3O. The second-order valence-electron chi connectivity index (χ2n) is 4.24. The van der Waals surface area contributed by atoms with Crippen LogP contribution in [0.5, 0.6) is 5.88 Å². The Labute approximate surface area is 119 Å². The van der Waals surface area contributed by atoms with Gasteiger partial charge in [0.2, 0.25) is 5.88 Å². The van der Waals surface area contributed by atoms with Crippen molar-refractivity contribution in [2.75, 3.05) is 0 Å². The first kappa shape index (κ1) is 12.2. The predicted molar refractivity (Wildman–Crippen MR) is 77.0 cm³/mol. The number of aromatic nitrogens is 3. The molecule has 0 unspecified atom stereocenters. The first-order valence-electron chi connectivity index (χ1n) is 5.88. The van der Waals surface area contributed by atoms with Crippen molar-refractivity contribution < 1.29 is 4.74 Å². The van der Waals surface area contributed by atoms with Crippen molar-refractivity contribution in [1.29, 1.82) is 0 Å². The van der Waals surface area contributed by atoms with Gasteiger partial charge in [-0.25, -0.2) is 9.97 Å². The summed E-state index contributed by atoms with van der Waals surface area (Å²) >= 11 is 3.45. The molecule has 3 rings (SSSR count). The van der Waals surface area contributed by atoms with Crippen molar-refractivity contribution in [2.24, 2.45) is 7.05 Å². The maximum Gasteiger partial charge on any atom is 0.240 e. The maximum absolute atomic E-state index is 5.81. The lowest BCUT2D eigenvalue weighted by atomic mass is 10.2. The van der Waals surface area contributed by atoms with E-state index in [0.717, 1.165) is 21.1 Å². The molecule has 3 aromatic rings. The molecule has 2 heterocycles. The summed E-state index contributed by atoms with van der Waals surface area (Å²) in [6.07, 6.45) is 3.47. The minimum absolute atomic E-state index is 0.496. The summed E-state index contributed by atoms with van der Waals surface area (Å²) in [7, 11) is 1.93. The number of pyridine rings is 1. The van der Waals surface area contributed by atoms with Crippen LogP contribution in [-0.2, 0) is 13.7 Å².